The molecule has 0 aliphatic carbocycles. The van der Waals surface area contributed by atoms with Crippen molar-refractivity contribution in [1.29, 1.82) is 0 Å². The number of morpholine rings is 1. The number of nitrogens with one attached hydrogen (secondary N) is 1. The first-order chi connectivity index (χ1) is 21.1. The summed E-state index contributed by atoms with van der Waals surface area (Å²) < 4.78 is 18.6. The van der Waals surface area contributed by atoms with E-state index >= 15 is 0 Å². The molecule has 8 nitrogen and oxygen atoms in total. The summed E-state index contributed by atoms with van der Waals surface area (Å²) in [5, 5.41) is 12.4. The first-order valence-corrected chi connectivity index (χ1v) is 14.8. The Morgan fingerprint density at radius 1 is 0.884 bits per heavy atom. The van der Waals surface area contributed by atoms with E-state index in [9.17, 15) is 9.90 Å². The van der Waals surface area contributed by atoms with Crippen LogP contribution in [0.2, 0.25) is 0 Å². The van der Waals surface area contributed by atoms with Gasteiger partial charge < -0.3 is 24.6 Å². The number of carbonyl (C=O) groups excluding carboxylic acids is 1. The molecule has 2 N–H and O–H groups in total. The number of rotatable bonds is 9. The van der Waals surface area contributed by atoms with E-state index in [0.717, 1.165) is 72.6 Å². The third-order valence-corrected chi connectivity index (χ3v) is 8.00. The Hall–Kier alpha value is -3.92. The molecule has 3 aromatic carbocycles. The van der Waals surface area contributed by atoms with Gasteiger partial charge in [-0.1, -0.05) is 66.7 Å². The summed E-state index contributed by atoms with van der Waals surface area (Å²) >= 11 is 0. The summed E-state index contributed by atoms with van der Waals surface area (Å²) in [5.41, 5.74) is 6.62. The van der Waals surface area contributed by atoms with Crippen molar-refractivity contribution in [3.8, 4) is 11.1 Å². The van der Waals surface area contributed by atoms with Crippen LogP contribution < -0.4 is 5.32 Å². The molecular weight excluding hydrogens is 542 g/mol. The van der Waals surface area contributed by atoms with E-state index in [0.29, 0.717) is 12.1 Å². The Labute approximate surface area is 252 Å². The van der Waals surface area contributed by atoms with Crippen LogP contribution in [0.3, 0.4) is 0 Å². The monoisotopic (exact) mass is 579 g/mol. The van der Waals surface area contributed by atoms with Crippen molar-refractivity contribution in [2.75, 3.05) is 32.8 Å². The molecule has 3 heterocycles. The molecule has 4 aromatic rings. The highest BCUT2D eigenvalue weighted by molar-refractivity contribution is 5.93. The molecule has 1 amide bonds. The van der Waals surface area contributed by atoms with Crippen molar-refractivity contribution in [3.63, 3.8) is 0 Å². The SMILES string of the molecule is O=C(NCc1cccc(-c2ccc(C3OC(CN4CCOCC4)CC(c4ccc(CO)cc4)O3)cc2)c1)c1cccnc1. The van der Waals surface area contributed by atoms with Gasteiger partial charge in [0.25, 0.3) is 5.91 Å². The lowest BCUT2D eigenvalue weighted by atomic mass is 9.99. The van der Waals surface area contributed by atoms with Crippen LogP contribution in [-0.4, -0.2) is 59.8 Å². The van der Waals surface area contributed by atoms with E-state index in [1.165, 1.54) is 0 Å². The molecule has 8 heteroatoms. The van der Waals surface area contributed by atoms with E-state index in [1.807, 2.05) is 36.4 Å². The highest BCUT2D eigenvalue weighted by Gasteiger charge is 2.33. The van der Waals surface area contributed by atoms with Gasteiger partial charge in [0.15, 0.2) is 6.29 Å². The average molecular weight is 580 g/mol. The number of aliphatic hydroxyl groups excluding tert-OH is 1. The fraction of sp³-hybridized carbons (Fsp3) is 0.314. The topological polar surface area (TPSA) is 93.2 Å². The molecule has 0 saturated carbocycles. The molecule has 3 unspecified atom stereocenters. The van der Waals surface area contributed by atoms with Crippen LogP contribution in [0.25, 0.3) is 11.1 Å². The standard InChI is InChI=1S/C35H37N3O5/c39-24-25-6-8-28(9-7-25)33-20-32(23-38-15-17-41-18-16-38)42-35(43-33)29-12-10-27(11-13-29)30-4-1-3-26(19-30)21-37-34(40)31-5-2-14-36-22-31/h1-14,19,22,32-33,35,39H,15-18,20-21,23-24H2,(H,37,40). The Kier molecular flexibility index (Phi) is 9.52. The molecule has 0 bridgehead atoms. The van der Waals surface area contributed by atoms with Crippen molar-refractivity contribution in [3.05, 3.63) is 125 Å². The molecule has 2 fully saturated rings. The third kappa shape index (κ3) is 7.54. The molecule has 0 spiro atoms. The van der Waals surface area contributed by atoms with Gasteiger partial charge in [-0.25, -0.2) is 0 Å². The van der Waals surface area contributed by atoms with Gasteiger partial charge >= 0.3 is 0 Å². The second kappa shape index (κ2) is 14.0. The molecule has 43 heavy (non-hydrogen) atoms. The number of ether oxygens (including phenoxy) is 3. The van der Waals surface area contributed by atoms with Crippen LogP contribution in [0.15, 0.2) is 97.3 Å². The zero-order valence-corrected chi connectivity index (χ0v) is 24.1. The number of aromatic nitrogens is 1. The van der Waals surface area contributed by atoms with Crippen molar-refractivity contribution < 1.29 is 24.1 Å². The second-order valence-electron chi connectivity index (χ2n) is 11.0. The number of aliphatic hydroxyl groups is 1. The van der Waals surface area contributed by atoms with E-state index in [1.54, 1.807) is 24.5 Å². The van der Waals surface area contributed by atoms with E-state index in [4.69, 9.17) is 14.2 Å². The fourth-order valence-corrected chi connectivity index (χ4v) is 5.58. The molecule has 1 aromatic heterocycles. The van der Waals surface area contributed by atoms with Crippen molar-refractivity contribution in [2.24, 2.45) is 0 Å². The van der Waals surface area contributed by atoms with Crippen LogP contribution in [-0.2, 0) is 27.4 Å². The van der Waals surface area contributed by atoms with Crippen LogP contribution in [0.4, 0.5) is 0 Å². The Morgan fingerprint density at radius 2 is 1.67 bits per heavy atom. The zero-order chi connectivity index (χ0) is 29.4. The zero-order valence-electron chi connectivity index (χ0n) is 24.1. The minimum atomic E-state index is -0.495. The first-order valence-electron chi connectivity index (χ1n) is 14.8. The minimum Gasteiger partial charge on any atom is -0.392 e. The average Bonchev–Trinajstić information content (AvgIpc) is 3.08. The van der Waals surface area contributed by atoms with Gasteiger partial charge in [0.05, 0.1) is 37.6 Å². The number of benzene rings is 3. The maximum absolute atomic E-state index is 12.4. The number of hydrogen-bond acceptors (Lipinski definition) is 7. The third-order valence-electron chi connectivity index (χ3n) is 8.00. The van der Waals surface area contributed by atoms with E-state index < -0.39 is 6.29 Å². The number of carbonyl (C=O) groups is 1. The van der Waals surface area contributed by atoms with Gasteiger partial charge in [-0.05, 0) is 46.0 Å². The number of hydrogen-bond donors (Lipinski definition) is 2. The maximum Gasteiger partial charge on any atom is 0.253 e. The molecular formula is C35H37N3O5. The van der Waals surface area contributed by atoms with Crippen LogP contribution in [0.5, 0.6) is 0 Å². The summed E-state index contributed by atoms with van der Waals surface area (Å²) in [6, 6.07) is 28.0. The molecule has 6 rings (SSSR count). The first kappa shape index (κ1) is 29.2. The highest BCUT2D eigenvalue weighted by atomic mass is 16.7. The largest absolute Gasteiger partial charge is 0.392 e. The lowest BCUT2D eigenvalue weighted by molar-refractivity contribution is -0.253. The van der Waals surface area contributed by atoms with E-state index in [-0.39, 0.29) is 24.7 Å². The van der Waals surface area contributed by atoms with Crippen molar-refractivity contribution in [1.82, 2.24) is 15.2 Å². The lowest BCUT2D eigenvalue weighted by Gasteiger charge is -2.39. The normalized spacial score (nSPS) is 20.9. The highest BCUT2D eigenvalue weighted by Crippen LogP contribution is 2.38. The fourth-order valence-electron chi connectivity index (χ4n) is 5.58. The number of nitrogens with zero attached hydrogens (tertiary/aromatic N) is 2. The predicted octanol–water partition coefficient (Wildman–Crippen LogP) is 5.05. The molecule has 2 saturated heterocycles. The molecule has 0 radical (unpaired) electrons. The summed E-state index contributed by atoms with van der Waals surface area (Å²) in [7, 11) is 0. The van der Waals surface area contributed by atoms with Gasteiger partial charge in [-0.3, -0.25) is 14.7 Å². The van der Waals surface area contributed by atoms with Crippen LogP contribution in [0.1, 0.15) is 51.4 Å². The summed E-state index contributed by atoms with van der Waals surface area (Å²) in [6.07, 6.45) is 3.37. The molecule has 222 valence electrons. The summed E-state index contributed by atoms with van der Waals surface area (Å²) in [6.45, 7) is 4.58. The Bertz CT molecular complexity index is 1470. The molecule has 2 aliphatic heterocycles. The maximum atomic E-state index is 12.4. The van der Waals surface area contributed by atoms with Gasteiger partial charge in [-0.15, -0.1) is 0 Å². The Balaban J connectivity index is 1.15. The van der Waals surface area contributed by atoms with Crippen LogP contribution >= 0.6 is 0 Å². The van der Waals surface area contributed by atoms with E-state index in [2.05, 4.69) is 51.6 Å². The summed E-state index contributed by atoms with van der Waals surface area (Å²) in [4.78, 5) is 18.9. The van der Waals surface area contributed by atoms with Crippen LogP contribution in [0, 0.1) is 0 Å². The van der Waals surface area contributed by atoms with Gasteiger partial charge in [0, 0.05) is 50.6 Å². The van der Waals surface area contributed by atoms with Gasteiger partial charge in [0.2, 0.25) is 0 Å². The van der Waals surface area contributed by atoms with Gasteiger partial charge in [-0.2, -0.15) is 0 Å². The second-order valence-corrected chi connectivity index (χ2v) is 11.0. The van der Waals surface area contributed by atoms with Crippen molar-refractivity contribution >= 4 is 5.91 Å². The minimum absolute atomic E-state index is 0.0117. The Morgan fingerprint density at radius 3 is 2.42 bits per heavy atom. The number of pyridine rings is 1. The quantitative estimate of drug-likeness (QED) is 0.287. The predicted molar refractivity (Wildman–Crippen MR) is 163 cm³/mol. The smallest absolute Gasteiger partial charge is 0.253 e. The number of amides is 1. The molecule has 2 aliphatic rings. The summed E-state index contributed by atoms with van der Waals surface area (Å²) in [5.74, 6) is -0.148. The lowest BCUT2D eigenvalue weighted by Crippen LogP contribution is -2.44. The van der Waals surface area contributed by atoms with Crippen molar-refractivity contribution in [2.45, 2.75) is 38.1 Å². The molecule has 3 atom stereocenters. The van der Waals surface area contributed by atoms with Gasteiger partial charge in [0.1, 0.15) is 0 Å².